The molecule has 0 saturated carbocycles. The molecular formula is C13H16ClF3N2O3S. The molecule has 0 heterocycles. The van der Waals surface area contributed by atoms with E-state index >= 15 is 0 Å². The molecule has 23 heavy (non-hydrogen) atoms. The number of carbonyl (C=O) groups excluding carboxylic acids is 1. The van der Waals surface area contributed by atoms with Crippen LogP contribution in [0.4, 0.5) is 18.9 Å². The maximum absolute atomic E-state index is 12.6. The third-order valence-corrected chi connectivity index (χ3v) is 3.73. The van der Waals surface area contributed by atoms with Crippen molar-refractivity contribution in [2.75, 3.05) is 11.6 Å². The summed E-state index contributed by atoms with van der Waals surface area (Å²) in [6, 6.07) is 1.66. The number of hydrogen-bond donors (Lipinski definition) is 2. The van der Waals surface area contributed by atoms with Crippen molar-refractivity contribution in [1.82, 2.24) is 4.72 Å². The van der Waals surface area contributed by atoms with E-state index in [4.69, 9.17) is 11.6 Å². The van der Waals surface area contributed by atoms with Crippen LogP contribution in [0.3, 0.4) is 0 Å². The van der Waals surface area contributed by atoms with Gasteiger partial charge in [-0.15, -0.1) is 0 Å². The van der Waals surface area contributed by atoms with Crippen LogP contribution in [0.5, 0.6) is 0 Å². The number of hydrogen-bond acceptors (Lipinski definition) is 4. The van der Waals surface area contributed by atoms with Crippen LogP contribution in [-0.2, 0) is 21.0 Å². The molecule has 0 aliphatic heterocycles. The summed E-state index contributed by atoms with van der Waals surface area (Å²) in [5, 5.41) is 2.45. The van der Waals surface area contributed by atoms with Gasteiger partial charge in [-0.2, -0.15) is 13.2 Å². The van der Waals surface area contributed by atoms with E-state index in [9.17, 15) is 26.4 Å². The zero-order valence-corrected chi connectivity index (χ0v) is 14.1. The highest BCUT2D eigenvalue weighted by Gasteiger charge is 2.31. The Balaban J connectivity index is 3.04. The minimum atomic E-state index is -4.53. The van der Waals surface area contributed by atoms with E-state index in [1.807, 2.05) is 4.72 Å². The molecule has 0 aliphatic carbocycles. The molecule has 0 bridgehead atoms. The second kappa shape index (κ2) is 6.96. The lowest BCUT2D eigenvalue weighted by Gasteiger charge is -2.23. The Morgan fingerprint density at radius 3 is 2.22 bits per heavy atom. The second-order valence-corrected chi connectivity index (χ2v) is 7.45. The van der Waals surface area contributed by atoms with Crippen LogP contribution in [0.2, 0.25) is 5.02 Å². The van der Waals surface area contributed by atoms with E-state index in [1.165, 1.54) is 0 Å². The fourth-order valence-corrected chi connectivity index (χ4v) is 2.48. The summed E-state index contributed by atoms with van der Waals surface area (Å²) in [5.41, 5.74) is -0.822. The highest BCUT2D eigenvalue weighted by atomic mass is 35.5. The fourth-order valence-electron chi connectivity index (χ4n) is 1.76. The molecule has 0 fully saturated rings. The third-order valence-electron chi connectivity index (χ3n) is 2.84. The summed E-state index contributed by atoms with van der Waals surface area (Å²) < 4.78 is 61.9. The highest BCUT2D eigenvalue weighted by Crippen LogP contribution is 2.34. The maximum Gasteiger partial charge on any atom is 0.416 e. The van der Waals surface area contributed by atoms with Gasteiger partial charge in [0.05, 0.1) is 22.5 Å². The van der Waals surface area contributed by atoms with Gasteiger partial charge in [0.25, 0.3) is 5.91 Å². The van der Waals surface area contributed by atoms with Crippen LogP contribution in [0.25, 0.3) is 0 Å². The quantitative estimate of drug-likeness (QED) is 0.833. The van der Waals surface area contributed by atoms with Gasteiger partial charge in [0.15, 0.2) is 0 Å². The van der Waals surface area contributed by atoms with Crippen molar-refractivity contribution >= 4 is 33.2 Å². The van der Waals surface area contributed by atoms with Gasteiger partial charge in [-0.3, -0.25) is 9.52 Å². The van der Waals surface area contributed by atoms with E-state index in [1.54, 1.807) is 13.8 Å². The predicted octanol–water partition coefficient (Wildman–Crippen LogP) is 2.87. The van der Waals surface area contributed by atoms with Gasteiger partial charge in [-0.05, 0) is 24.1 Å². The molecule has 1 aromatic rings. The number of anilines is 1. The average Bonchev–Trinajstić information content (AvgIpc) is 2.33. The smallest absolute Gasteiger partial charge is 0.372 e. The monoisotopic (exact) mass is 372 g/mol. The molecular weight excluding hydrogens is 357 g/mol. The Morgan fingerprint density at radius 2 is 1.83 bits per heavy atom. The van der Waals surface area contributed by atoms with Crippen LogP contribution in [0.1, 0.15) is 19.4 Å². The van der Waals surface area contributed by atoms with E-state index in [2.05, 4.69) is 5.32 Å². The van der Waals surface area contributed by atoms with E-state index in [0.29, 0.717) is 0 Å². The summed E-state index contributed by atoms with van der Waals surface area (Å²) in [6.45, 7) is 3.30. The first-order chi connectivity index (χ1) is 10.3. The molecule has 130 valence electrons. The van der Waals surface area contributed by atoms with E-state index in [0.717, 1.165) is 24.5 Å². The minimum Gasteiger partial charge on any atom is -0.372 e. The third kappa shape index (κ3) is 5.91. The second-order valence-electron chi connectivity index (χ2n) is 5.30. The van der Waals surface area contributed by atoms with Gasteiger partial charge in [0.1, 0.15) is 6.04 Å². The Morgan fingerprint density at radius 1 is 1.26 bits per heavy atom. The maximum atomic E-state index is 12.6. The lowest BCUT2D eigenvalue weighted by molar-refractivity contribution is -0.137. The lowest BCUT2D eigenvalue weighted by atomic mass is 10.0. The molecule has 0 radical (unpaired) electrons. The van der Waals surface area contributed by atoms with Gasteiger partial charge < -0.3 is 5.32 Å². The van der Waals surface area contributed by atoms with Gasteiger partial charge >= 0.3 is 6.18 Å². The van der Waals surface area contributed by atoms with Crippen LogP contribution in [-0.4, -0.2) is 26.6 Å². The Kier molecular flexibility index (Phi) is 5.92. The summed E-state index contributed by atoms with van der Waals surface area (Å²) >= 11 is 5.81. The topological polar surface area (TPSA) is 75.3 Å². The fraction of sp³-hybridized carbons (Fsp3) is 0.462. The molecule has 1 unspecified atom stereocenters. The molecule has 1 atom stereocenters. The summed E-state index contributed by atoms with van der Waals surface area (Å²) in [6.07, 6.45) is -3.71. The normalized spacial score (nSPS) is 13.7. The van der Waals surface area contributed by atoms with Gasteiger partial charge in [0.2, 0.25) is 10.0 Å². The van der Waals surface area contributed by atoms with Crippen molar-refractivity contribution < 1.29 is 26.4 Å². The van der Waals surface area contributed by atoms with Gasteiger partial charge in [-0.1, -0.05) is 25.4 Å². The first-order valence-corrected chi connectivity index (χ1v) is 8.73. The zero-order chi connectivity index (χ0) is 18.0. The summed E-state index contributed by atoms with van der Waals surface area (Å²) in [7, 11) is -3.75. The molecule has 0 spiro atoms. The molecule has 5 nitrogen and oxygen atoms in total. The molecule has 1 amide bonds. The number of carbonyl (C=O) groups is 1. The predicted molar refractivity (Wildman–Crippen MR) is 81.7 cm³/mol. The first kappa shape index (κ1) is 19.6. The van der Waals surface area contributed by atoms with Gasteiger partial charge in [0, 0.05) is 0 Å². The van der Waals surface area contributed by atoms with Gasteiger partial charge in [-0.25, -0.2) is 8.42 Å². The molecule has 2 N–H and O–H groups in total. The number of benzene rings is 1. The average molecular weight is 373 g/mol. The zero-order valence-electron chi connectivity index (χ0n) is 12.5. The molecule has 1 aromatic carbocycles. The molecule has 0 aromatic heterocycles. The lowest BCUT2D eigenvalue weighted by Crippen LogP contribution is -2.45. The summed E-state index contributed by atoms with van der Waals surface area (Å²) in [4.78, 5) is 12.0. The summed E-state index contributed by atoms with van der Waals surface area (Å²) in [5.74, 6) is -1.16. The molecule has 0 aliphatic rings. The Labute approximate surface area is 137 Å². The highest BCUT2D eigenvalue weighted by molar-refractivity contribution is 7.89. The van der Waals surface area contributed by atoms with E-state index in [-0.39, 0.29) is 16.6 Å². The number of halogens is 4. The van der Waals surface area contributed by atoms with Crippen molar-refractivity contribution in [2.24, 2.45) is 5.92 Å². The van der Waals surface area contributed by atoms with E-state index < -0.39 is 33.7 Å². The largest absolute Gasteiger partial charge is 0.416 e. The Hall–Kier alpha value is -1.48. The standard InChI is InChI=1S/C13H16ClF3N2O3S/c1-7(2)11(12(20)19-23(3,21)22)18-10-5-4-8(6-9(10)14)13(15,16)17/h4-7,11,18H,1-3H3,(H,19,20). The van der Waals surface area contributed by atoms with Crippen molar-refractivity contribution in [1.29, 1.82) is 0 Å². The Bertz CT molecular complexity index is 690. The molecule has 10 heteroatoms. The van der Waals surface area contributed by atoms with Crippen molar-refractivity contribution in [3.8, 4) is 0 Å². The SMILES string of the molecule is CC(C)C(Nc1ccc(C(F)(F)F)cc1Cl)C(=O)NS(C)(=O)=O. The van der Waals surface area contributed by atoms with Crippen LogP contribution < -0.4 is 10.0 Å². The van der Waals surface area contributed by atoms with Crippen LogP contribution in [0, 0.1) is 5.92 Å². The number of nitrogens with one attached hydrogen (secondary N) is 2. The number of sulfonamides is 1. The first-order valence-electron chi connectivity index (χ1n) is 6.46. The van der Waals surface area contributed by atoms with Crippen molar-refractivity contribution in [3.63, 3.8) is 0 Å². The van der Waals surface area contributed by atoms with Crippen LogP contribution in [0.15, 0.2) is 18.2 Å². The number of amides is 1. The van der Waals surface area contributed by atoms with Crippen molar-refractivity contribution in [2.45, 2.75) is 26.1 Å². The minimum absolute atomic E-state index is 0.0991. The number of rotatable bonds is 5. The molecule has 0 saturated heterocycles. The number of alkyl halides is 3. The van der Waals surface area contributed by atoms with Crippen LogP contribution >= 0.6 is 11.6 Å². The van der Waals surface area contributed by atoms with Crippen molar-refractivity contribution in [3.05, 3.63) is 28.8 Å². The molecule has 1 rings (SSSR count).